The summed E-state index contributed by atoms with van der Waals surface area (Å²) in [5, 5.41) is 2.48. The van der Waals surface area contributed by atoms with Gasteiger partial charge in [-0.15, -0.1) is 0 Å². The van der Waals surface area contributed by atoms with Gasteiger partial charge in [-0.25, -0.2) is 4.79 Å². The van der Waals surface area contributed by atoms with Gasteiger partial charge in [-0.3, -0.25) is 0 Å². The number of benzene rings is 1. The van der Waals surface area contributed by atoms with Crippen LogP contribution in [0, 0.1) is 5.92 Å². The fraction of sp³-hybridized carbons (Fsp3) is 0.500. The van der Waals surface area contributed by atoms with E-state index < -0.39 is 6.09 Å². The third-order valence-corrected chi connectivity index (χ3v) is 3.14. The maximum absolute atomic E-state index is 11.4. The van der Waals surface area contributed by atoms with E-state index in [1.54, 1.807) is 7.05 Å². The molecule has 0 radical (unpaired) electrons. The highest BCUT2D eigenvalue weighted by Gasteiger charge is 2.34. The first-order valence-corrected chi connectivity index (χ1v) is 6.24. The van der Waals surface area contributed by atoms with Gasteiger partial charge in [0.25, 0.3) is 0 Å². The minimum absolute atomic E-state index is 0.0998. The van der Waals surface area contributed by atoms with E-state index in [2.05, 4.69) is 19.2 Å². The van der Waals surface area contributed by atoms with Crippen molar-refractivity contribution in [2.45, 2.75) is 32.5 Å². The van der Waals surface area contributed by atoms with Gasteiger partial charge in [0, 0.05) is 13.5 Å². The number of nitrogens with one attached hydrogen (secondary N) is 1. The molecule has 1 amide bonds. The Bertz CT molecular complexity index is 431. The molecule has 1 heterocycles. The molecule has 0 spiro atoms. The predicted molar refractivity (Wildman–Crippen MR) is 68.7 cm³/mol. The molecule has 1 aromatic carbocycles. The van der Waals surface area contributed by atoms with Gasteiger partial charge in [0.05, 0.1) is 0 Å². The second-order valence-electron chi connectivity index (χ2n) is 4.83. The van der Waals surface area contributed by atoms with Gasteiger partial charge >= 0.3 is 6.09 Å². The molecule has 0 fully saturated rings. The molecule has 2 rings (SSSR count). The number of hydrogen-bond donors (Lipinski definition) is 1. The topological polar surface area (TPSA) is 47.6 Å². The number of rotatable bonds is 2. The molecule has 2 atom stereocenters. The number of carbonyl (C=O) groups excluding carboxylic acids is 1. The Labute approximate surface area is 107 Å². The van der Waals surface area contributed by atoms with E-state index in [9.17, 15) is 4.79 Å². The summed E-state index contributed by atoms with van der Waals surface area (Å²) in [5.41, 5.74) is 1.09. The summed E-state index contributed by atoms with van der Waals surface area (Å²) in [4.78, 5) is 11.4. The van der Waals surface area contributed by atoms with Gasteiger partial charge in [0.1, 0.15) is 18.0 Å². The maximum Gasteiger partial charge on any atom is 0.407 e. The highest BCUT2D eigenvalue weighted by molar-refractivity contribution is 5.67. The van der Waals surface area contributed by atoms with Gasteiger partial charge in [-0.05, 0) is 17.5 Å². The average molecular weight is 249 g/mol. The van der Waals surface area contributed by atoms with Crippen LogP contribution in [0.4, 0.5) is 4.79 Å². The zero-order valence-corrected chi connectivity index (χ0v) is 11.0. The third-order valence-electron chi connectivity index (χ3n) is 3.14. The van der Waals surface area contributed by atoms with Crippen LogP contribution in [0.25, 0.3) is 0 Å². The molecule has 1 aliphatic heterocycles. The predicted octanol–water partition coefficient (Wildman–Crippen LogP) is 2.37. The van der Waals surface area contributed by atoms with Crippen molar-refractivity contribution in [2.75, 3.05) is 7.05 Å². The van der Waals surface area contributed by atoms with Gasteiger partial charge in [-0.1, -0.05) is 32.0 Å². The van der Waals surface area contributed by atoms with Gasteiger partial charge in [0.15, 0.2) is 0 Å². The van der Waals surface area contributed by atoms with Crippen LogP contribution in [0.3, 0.4) is 0 Å². The molecule has 0 bridgehead atoms. The minimum Gasteiger partial charge on any atom is -0.486 e. The Hall–Kier alpha value is -1.71. The normalized spacial score (nSPS) is 22.0. The molecule has 0 saturated carbocycles. The Morgan fingerprint density at radius 2 is 2.17 bits per heavy atom. The Balaban J connectivity index is 2.20. The number of ether oxygens (including phenoxy) is 2. The summed E-state index contributed by atoms with van der Waals surface area (Å²) in [6, 6.07) is 7.89. The standard InChI is InChI=1S/C14H19NO3/c1-9(2)13-12(18-14(16)15-3)8-10-6-4-5-7-11(10)17-13/h4-7,9,12-13H,8H2,1-3H3,(H,15,16). The van der Waals surface area contributed by atoms with Crippen LogP contribution < -0.4 is 10.1 Å². The van der Waals surface area contributed by atoms with Crippen molar-refractivity contribution < 1.29 is 14.3 Å². The lowest BCUT2D eigenvalue weighted by atomic mass is 9.93. The van der Waals surface area contributed by atoms with Crippen LogP contribution in [0.15, 0.2) is 24.3 Å². The number of amides is 1. The van der Waals surface area contributed by atoms with Crippen molar-refractivity contribution in [3.63, 3.8) is 0 Å². The smallest absolute Gasteiger partial charge is 0.407 e. The Morgan fingerprint density at radius 1 is 1.44 bits per heavy atom. The van der Waals surface area contributed by atoms with Crippen LogP contribution >= 0.6 is 0 Å². The molecule has 4 nitrogen and oxygen atoms in total. The SMILES string of the molecule is CNC(=O)OC1Cc2ccccc2OC1C(C)C. The van der Waals surface area contributed by atoms with E-state index in [-0.39, 0.29) is 18.1 Å². The average Bonchev–Trinajstić information content (AvgIpc) is 2.37. The summed E-state index contributed by atoms with van der Waals surface area (Å²) < 4.78 is 11.3. The number of carbonyl (C=O) groups is 1. The molecule has 0 saturated heterocycles. The summed E-state index contributed by atoms with van der Waals surface area (Å²) in [7, 11) is 1.56. The lowest BCUT2D eigenvalue weighted by Crippen LogP contribution is -2.45. The van der Waals surface area contributed by atoms with Crippen molar-refractivity contribution in [1.82, 2.24) is 5.32 Å². The van der Waals surface area contributed by atoms with Gasteiger partial charge in [-0.2, -0.15) is 0 Å². The molecule has 1 aliphatic rings. The van der Waals surface area contributed by atoms with Crippen LogP contribution in [0.5, 0.6) is 5.75 Å². The summed E-state index contributed by atoms with van der Waals surface area (Å²) in [6.45, 7) is 4.14. The highest BCUT2D eigenvalue weighted by atomic mass is 16.6. The summed E-state index contributed by atoms with van der Waals surface area (Å²) in [6.07, 6.45) is -0.0439. The van der Waals surface area contributed by atoms with Crippen LogP contribution in [0.2, 0.25) is 0 Å². The molecule has 1 N–H and O–H groups in total. The quantitative estimate of drug-likeness (QED) is 0.875. The van der Waals surface area contributed by atoms with Crippen molar-refractivity contribution >= 4 is 6.09 Å². The molecule has 4 heteroatoms. The summed E-state index contributed by atoms with van der Waals surface area (Å²) in [5.74, 6) is 1.18. The monoisotopic (exact) mass is 249 g/mol. The fourth-order valence-electron chi connectivity index (χ4n) is 2.21. The lowest BCUT2D eigenvalue weighted by Gasteiger charge is -2.35. The Kier molecular flexibility index (Phi) is 3.75. The van der Waals surface area contributed by atoms with Crippen molar-refractivity contribution in [3.05, 3.63) is 29.8 Å². The van der Waals surface area contributed by atoms with Gasteiger partial charge < -0.3 is 14.8 Å². The molecule has 0 aliphatic carbocycles. The highest BCUT2D eigenvalue weighted by Crippen LogP contribution is 2.31. The summed E-state index contributed by atoms with van der Waals surface area (Å²) >= 11 is 0. The van der Waals surface area contributed by atoms with Crippen molar-refractivity contribution in [3.8, 4) is 5.75 Å². The van der Waals surface area contributed by atoms with E-state index in [0.717, 1.165) is 11.3 Å². The number of fused-ring (bicyclic) bond motifs is 1. The molecule has 2 unspecified atom stereocenters. The zero-order chi connectivity index (χ0) is 13.1. The minimum atomic E-state index is -0.409. The molecule has 98 valence electrons. The number of hydrogen-bond acceptors (Lipinski definition) is 3. The maximum atomic E-state index is 11.4. The molecule has 18 heavy (non-hydrogen) atoms. The van der Waals surface area contributed by atoms with Gasteiger partial charge in [0.2, 0.25) is 0 Å². The first-order chi connectivity index (χ1) is 8.61. The van der Waals surface area contributed by atoms with Crippen LogP contribution in [-0.2, 0) is 11.2 Å². The van der Waals surface area contributed by atoms with Crippen LogP contribution in [-0.4, -0.2) is 25.3 Å². The third kappa shape index (κ3) is 2.58. The largest absolute Gasteiger partial charge is 0.486 e. The number of para-hydroxylation sites is 1. The Morgan fingerprint density at radius 3 is 2.83 bits per heavy atom. The second kappa shape index (κ2) is 5.29. The van der Waals surface area contributed by atoms with E-state index in [4.69, 9.17) is 9.47 Å². The molecule has 0 aromatic heterocycles. The van der Waals surface area contributed by atoms with Crippen LogP contribution in [0.1, 0.15) is 19.4 Å². The molecule has 1 aromatic rings. The van der Waals surface area contributed by atoms with E-state index in [0.29, 0.717) is 6.42 Å². The fourth-order valence-corrected chi connectivity index (χ4v) is 2.21. The second-order valence-corrected chi connectivity index (χ2v) is 4.83. The first kappa shape index (κ1) is 12.7. The molecular formula is C14H19NO3. The zero-order valence-electron chi connectivity index (χ0n) is 11.0. The number of alkyl carbamates (subject to hydrolysis) is 1. The van der Waals surface area contributed by atoms with E-state index >= 15 is 0 Å². The van der Waals surface area contributed by atoms with Crippen molar-refractivity contribution in [2.24, 2.45) is 5.92 Å². The van der Waals surface area contributed by atoms with Crippen molar-refractivity contribution in [1.29, 1.82) is 0 Å². The van der Waals surface area contributed by atoms with E-state index in [1.165, 1.54) is 0 Å². The first-order valence-electron chi connectivity index (χ1n) is 6.24. The van der Waals surface area contributed by atoms with E-state index in [1.807, 2.05) is 24.3 Å². The lowest BCUT2D eigenvalue weighted by molar-refractivity contribution is -0.0160. The molecular weight excluding hydrogens is 230 g/mol.